The van der Waals surface area contributed by atoms with E-state index in [1.165, 1.54) is 0 Å². The highest BCUT2D eigenvalue weighted by Gasteiger charge is 2.55. The number of methoxy groups -OCH3 is 1. The first-order chi connectivity index (χ1) is 39.6. The predicted molar refractivity (Wildman–Crippen MR) is 303 cm³/mol. The monoisotopic (exact) mass is 1080 g/mol. The van der Waals surface area contributed by atoms with E-state index in [2.05, 4.69) is 0 Å². The second-order valence-corrected chi connectivity index (χ2v) is 19.8. The van der Waals surface area contributed by atoms with Crippen molar-refractivity contribution in [3.8, 4) is 11.5 Å². The molecular formula is C68H70O12. The predicted octanol–water partition coefficient (Wildman–Crippen LogP) is 12.3. The summed E-state index contributed by atoms with van der Waals surface area (Å²) in [7, 11) is 1.63. The molecule has 12 heteroatoms. The van der Waals surface area contributed by atoms with Crippen molar-refractivity contribution in [2.24, 2.45) is 0 Å². The lowest BCUT2D eigenvalue weighted by atomic mass is 9.95. The molecule has 8 aromatic rings. The first-order valence-electron chi connectivity index (χ1n) is 27.4. The van der Waals surface area contributed by atoms with Crippen molar-refractivity contribution in [3.63, 3.8) is 0 Å². The molecule has 10 atom stereocenters. The Balaban J connectivity index is 1.08. The minimum absolute atomic E-state index is 0.107. The lowest BCUT2D eigenvalue weighted by molar-refractivity contribution is -0.373. The van der Waals surface area contributed by atoms with Crippen LogP contribution in [0.2, 0.25) is 0 Å². The Morgan fingerprint density at radius 1 is 0.287 bits per heavy atom. The maximum atomic E-state index is 7.70. The van der Waals surface area contributed by atoms with Gasteiger partial charge in [0, 0.05) is 0 Å². The lowest BCUT2D eigenvalue weighted by Crippen LogP contribution is -2.67. The molecule has 10 rings (SSSR count). The average Bonchev–Trinajstić information content (AvgIpc) is 3.52. The van der Waals surface area contributed by atoms with Crippen molar-refractivity contribution >= 4 is 0 Å². The highest BCUT2D eigenvalue weighted by atomic mass is 16.8. The number of ether oxygens (including phenoxy) is 12. The number of hydrogen-bond donors (Lipinski definition) is 0. The summed E-state index contributed by atoms with van der Waals surface area (Å²) in [4.78, 5) is 0. The Bertz CT molecular complexity index is 2950. The first-order valence-corrected chi connectivity index (χ1v) is 27.4. The van der Waals surface area contributed by atoms with E-state index in [0.29, 0.717) is 24.7 Å². The molecule has 80 heavy (non-hydrogen) atoms. The van der Waals surface area contributed by atoms with Gasteiger partial charge < -0.3 is 56.8 Å². The van der Waals surface area contributed by atoms with Gasteiger partial charge in [0.1, 0.15) is 60.3 Å². The van der Waals surface area contributed by atoms with Gasteiger partial charge in [-0.25, -0.2) is 0 Å². The molecule has 12 nitrogen and oxygen atoms in total. The van der Waals surface area contributed by atoms with Crippen LogP contribution in [-0.4, -0.2) is 81.7 Å². The molecule has 0 unspecified atom stereocenters. The second kappa shape index (κ2) is 30.0. The molecule has 0 saturated carbocycles. The third kappa shape index (κ3) is 16.3. The van der Waals surface area contributed by atoms with Gasteiger partial charge in [0.15, 0.2) is 6.29 Å². The molecule has 0 radical (unpaired) electrons. The number of hydrogen-bond acceptors (Lipinski definition) is 12. The van der Waals surface area contributed by atoms with E-state index < -0.39 is 61.4 Å². The van der Waals surface area contributed by atoms with E-state index in [4.69, 9.17) is 56.8 Å². The molecule has 0 aliphatic carbocycles. The molecule has 8 aromatic carbocycles. The summed E-state index contributed by atoms with van der Waals surface area (Å²) >= 11 is 0. The zero-order chi connectivity index (χ0) is 54.4. The van der Waals surface area contributed by atoms with Crippen LogP contribution in [0.3, 0.4) is 0 Å². The van der Waals surface area contributed by atoms with Crippen molar-refractivity contribution in [2.75, 3.05) is 20.3 Å². The van der Waals surface area contributed by atoms with E-state index in [1.807, 2.05) is 237 Å². The maximum absolute atomic E-state index is 7.70. The quantitative estimate of drug-likeness (QED) is 0.0466. The van der Waals surface area contributed by atoms with Crippen molar-refractivity contribution in [1.82, 2.24) is 0 Å². The SMILES string of the molecule is COc1ccc(O[C@@H]2O[C@H](COCc3ccccc3)[C@H](OCc3ccccc3)[C@H](O[C@H]3O[C@H](COCc4ccccc4)[C@@H](OCc4ccccc4)[C@H](OCc4ccccc4)[C@H]3OCc3ccccc3)[C@H]2OCc2ccccc2)cc1. The molecule has 2 aliphatic heterocycles. The highest BCUT2D eigenvalue weighted by Crippen LogP contribution is 2.38. The lowest BCUT2D eigenvalue weighted by Gasteiger charge is -2.50. The third-order valence-electron chi connectivity index (χ3n) is 14.0. The molecule has 2 aliphatic rings. The number of benzene rings is 8. The fraction of sp³-hybridized carbons (Fsp3) is 0.294. The molecule has 0 amide bonds. The van der Waals surface area contributed by atoms with Gasteiger partial charge in [-0.15, -0.1) is 0 Å². The Labute approximate surface area is 469 Å². The van der Waals surface area contributed by atoms with Crippen molar-refractivity contribution in [3.05, 3.63) is 276 Å². The summed E-state index contributed by atoms with van der Waals surface area (Å²) in [5.74, 6) is 1.20. The highest BCUT2D eigenvalue weighted by molar-refractivity contribution is 5.31. The van der Waals surface area contributed by atoms with Gasteiger partial charge in [-0.05, 0) is 63.2 Å². The van der Waals surface area contributed by atoms with Gasteiger partial charge >= 0.3 is 0 Å². The van der Waals surface area contributed by atoms with Crippen LogP contribution in [0.15, 0.2) is 237 Å². The molecule has 2 fully saturated rings. The first kappa shape index (κ1) is 56.2. The Morgan fingerprint density at radius 3 is 0.938 bits per heavy atom. The van der Waals surface area contributed by atoms with Gasteiger partial charge in [-0.2, -0.15) is 0 Å². The topological polar surface area (TPSA) is 111 Å². The fourth-order valence-electron chi connectivity index (χ4n) is 9.84. The van der Waals surface area contributed by atoms with E-state index in [-0.39, 0.29) is 46.2 Å². The minimum atomic E-state index is -1.15. The van der Waals surface area contributed by atoms with Crippen LogP contribution in [0.4, 0.5) is 0 Å². The van der Waals surface area contributed by atoms with E-state index in [9.17, 15) is 0 Å². The third-order valence-corrected chi connectivity index (χ3v) is 14.0. The molecule has 0 aromatic heterocycles. The van der Waals surface area contributed by atoms with Gasteiger partial charge in [0.2, 0.25) is 6.29 Å². The maximum Gasteiger partial charge on any atom is 0.229 e. The zero-order valence-electron chi connectivity index (χ0n) is 45.1. The summed E-state index contributed by atoms with van der Waals surface area (Å²) in [5.41, 5.74) is 6.82. The Hall–Kier alpha value is -7.04. The molecule has 414 valence electrons. The summed E-state index contributed by atoms with van der Waals surface area (Å²) in [6.07, 6.45) is -8.90. The summed E-state index contributed by atoms with van der Waals surface area (Å²) in [6.45, 7) is 2.01. The van der Waals surface area contributed by atoms with E-state index in [0.717, 1.165) is 38.9 Å². The van der Waals surface area contributed by atoms with E-state index >= 15 is 0 Å². The largest absolute Gasteiger partial charge is 0.497 e. The molecule has 0 spiro atoms. The van der Waals surface area contributed by atoms with Crippen LogP contribution < -0.4 is 9.47 Å². The van der Waals surface area contributed by atoms with Crippen LogP contribution in [0.25, 0.3) is 0 Å². The molecule has 2 saturated heterocycles. The van der Waals surface area contributed by atoms with Crippen LogP contribution >= 0.6 is 0 Å². The summed E-state index contributed by atoms with van der Waals surface area (Å²) in [6, 6.07) is 77.7. The van der Waals surface area contributed by atoms with Gasteiger partial charge in [0.05, 0.1) is 66.6 Å². The van der Waals surface area contributed by atoms with Gasteiger partial charge in [0.25, 0.3) is 0 Å². The van der Waals surface area contributed by atoms with Crippen LogP contribution in [0.5, 0.6) is 11.5 Å². The molecule has 0 N–H and O–H groups in total. The average molecular weight is 1080 g/mol. The normalized spacial score (nSPS) is 22.8. The summed E-state index contributed by atoms with van der Waals surface area (Å²) < 4.78 is 83.4. The van der Waals surface area contributed by atoms with Crippen LogP contribution in [0.1, 0.15) is 38.9 Å². The fourth-order valence-corrected chi connectivity index (χ4v) is 9.84. The van der Waals surface area contributed by atoms with Gasteiger partial charge in [-0.1, -0.05) is 212 Å². The van der Waals surface area contributed by atoms with E-state index in [1.54, 1.807) is 7.11 Å². The van der Waals surface area contributed by atoms with Crippen molar-refractivity contribution in [2.45, 2.75) is 108 Å². The van der Waals surface area contributed by atoms with Crippen molar-refractivity contribution < 1.29 is 56.8 Å². The van der Waals surface area contributed by atoms with Gasteiger partial charge in [-0.3, -0.25) is 0 Å². The summed E-state index contributed by atoms with van der Waals surface area (Å²) in [5, 5.41) is 0. The number of rotatable bonds is 28. The van der Waals surface area contributed by atoms with Crippen LogP contribution in [-0.2, 0) is 93.6 Å². The molecular weight excluding hydrogens is 1010 g/mol. The van der Waals surface area contributed by atoms with Crippen LogP contribution in [0, 0.1) is 0 Å². The Morgan fingerprint density at radius 2 is 0.575 bits per heavy atom. The Kier molecular flexibility index (Phi) is 21.1. The molecule has 0 bridgehead atoms. The molecule has 2 heterocycles. The second-order valence-electron chi connectivity index (χ2n) is 19.8. The van der Waals surface area contributed by atoms with Crippen molar-refractivity contribution in [1.29, 1.82) is 0 Å². The zero-order valence-corrected chi connectivity index (χ0v) is 45.1. The smallest absolute Gasteiger partial charge is 0.229 e. The standard InChI is InChI=1S/C68H70O12/c1-69-57-37-39-58(40-38-57)77-67-66(76-47-56-35-21-8-22-36-56)64(62(73-44-53-29-15-5-16-30-53)60(78-67)49-71-42-51-25-11-3-12-26-51)80-68-65(75-46-55-33-19-7-20-34-55)63(74-45-54-31-17-6-18-32-54)61(72-43-52-27-13-4-14-28-52)59(79-68)48-70-41-50-23-9-2-10-24-50/h2-40,59-68H,41-49H2,1H3/t59-,60-,61-,62+,63+,64+,65-,66-,67-,68-/m1/s1. The minimum Gasteiger partial charge on any atom is -0.497 e.